The van der Waals surface area contributed by atoms with Crippen molar-refractivity contribution >= 4 is 80.9 Å². The first-order valence-corrected chi connectivity index (χ1v) is 15.4. The van der Waals surface area contributed by atoms with Crippen LogP contribution in [-0.2, 0) is 31.1 Å². The zero-order valence-electron chi connectivity index (χ0n) is 22.5. The first kappa shape index (κ1) is 30.0. The van der Waals surface area contributed by atoms with Gasteiger partial charge in [0.05, 0.1) is 13.1 Å². The average Bonchev–Trinajstić information content (AvgIpc) is 3.56. The second-order valence-electron chi connectivity index (χ2n) is 9.23. The van der Waals surface area contributed by atoms with E-state index >= 15 is 0 Å². The maximum atomic E-state index is 13.2. The zero-order valence-corrected chi connectivity index (χ0v) is 25.0. The molecule has 2 amide bonds. The van der Waals surface area contributed by atoms with E-state index < -0.39 is 41.3 Å². The van der Waals surface area contributed by atoms with Crippen LogP contribution in [0.1, 0.15) is 19.0 Å². The van der Waals surface area contributed by atoms with E-state index in [0.29, 0.717) is 16.4 Å². The van der Waals surface area contributed by atoms with Gasteiger partial charge in [-0.1, -0.05) is 23.8 Å². The fraction of sp³-hybridized carbons (Fsp3) is 0.348. The average molecular weight is 650 g/mol. The third-order valence-corrected chi connectivity index (χ3v) is 9.44. The van der Waals surface area contributed by atoms with E-state index in [1.54, 1.807) is 35.4 Å². The Balaban J connectivity index is 1.34. The predicted octanol–water partition coefficient (Wildman–Crippen LogP) is -0.710. The summed E-state index contributed by atoms with van der Waals surface area (Å²) in [5.41, 5.74) is 12.3. The van der Waals surface area contributed by atoms with E-state index in [1.807, 2.05) is 0 Å². The Bertz CT molecular complexity index is 1700. The number of carboxylic acid groups (broad SMARTS) is 2. The van der Waals surface area contributed by atoms with Gasteiger partial charge in [-0.05, 0) is 16.5 Å². The van der Waals surface area contributed by atoms with Crippen LogP contribution in [0.2, 0.25) is 0 Å². The number of nitrogen functional groups attached to an aromatic ring is 2. The maximum Gasteiger partial charge on any atom is 0.352 e. The first-order valence-electron chi connectivity index (χ1n) is 12.5. The Labute approximate surface area is 255 Å². The third kappa shape index (κ3) is 5.79. The Hall–Kier alpha value is -4.43. The van der Waals surface area contributed by atoms with Gasteiger partial charge in [-0.3, -0.25) is 14.5 Å². The number of β-lactam (4-membered cyclic amide) rings is 1. The molecule has 43 heavy (non-hydrogen) atoms. The summed E-state index contributed by atoms with van der Waals surface area (Å²) in [6.07, 6.45) is 0.352. The lowest BCUT2D eigenvalue weighted by Crippen LogP contribution is -2.71. The molecule has 1 saturated heterocycles. The van der Waals surface area contributed by atoms with Crippen LogP contribution < -0.4 is 21.4 Å². The lowest BCUT2D eigenvalue weighted by molar-refractivity contribution is -0.646. The Morgan fingerprint density at radius 3 is 2.74 bits per heavy atom. The molecule has 3 aromatic rings. The van der Waals surface area contributed by atoms with Crippen molar-refractivity contribution in [2.45, 2.75) is 36.0 Å². The first-order chi connectivity index (χ1) is 20.5. The highest BCUT2D eigenvalue weighted by molar-refractivity contribution is 8.01. The quantitative estimate of drug-likeness (QED) is 0.0430. The molecule has 3 aromatic heterocycles. The number of hydrogen-bond donors (Lipinski definition) is 5. The number of aryl methyl sites for hydroxylation is 1. The van der Waals surface area contributed by atoms with Gasteiger partial charge in [-0.2, -0.15) is 4.98 Å². The summed E-state index contributed by atoms with van der Waals surface area (Å²) in [7, 11) is 1.80. The summed E-state index contributed by atoms with van der Waals surface area (Å²) in [6, 6.07) is 0.579. The number of nitrogens with zero attached hydrogens (tertiary/aromatic N) is 7. The predicted molar refractivity (Wildman–Crippen MR) is 155 cm³/mol. The van der Waals surface area contributed by atoms with Crippen molar-refractivity contribution < 1.29 is 38.8 Å². The molecule has 0 aliphatic carbocycles. The van der Waals surface area contributed by atoms with E-state index in [2.05, 4.69) is 25.5 Å². The number of nitrogens with one attached hydrogen (secondary N) is 1. The van der Waals surface area contributed by atoms with Crippen LogP contribution in [-0.4, -0.2) is 93.2 Å². The molecule has 2 aliphatic heterocycles. The molecule has 20 heteroatoms. The van der Waals surface area contributed by atoms with Gasteiger partial charge < -0.3 is 31.8 Å². The van der Waals surface area contributed by atoms with E-state index in [0.717, 1.165) is 16.2 Å². The van der Waals surface area contributed by atoms with Crippen molar-refractivity contribution in [1.29, 1.82) is 0 Å². The number of carboxylic acids is 2. The number of amides is 2. The number of thioether (sulfide) groups is 2. The van der Waals surface area contributed by atoms with E-state index in [4.69, 9.17) is 16.3 Å². The number of carbonyl (C=O) groups is 4. The van der Waals surface area contributed by atoms with Gasteiger partial charge in [0, 0.05) is 22.0 Å². The van der Waals surface area contributed by atoms with Crippen molar-refractivity contribution in [3.8, 4) is 0 Å². The molecule has 0 saturated carbocycles. The molecule has 1 fully saturated rings. The number of aromatic nitrogens is 5. The Kier molecular flexibility index (Phi) is 8.42. The summed E-state index contributed by atoms with van der Waals surface area (Å²) in [6.45, 7) is 1.57. The molecule has 0 bridgehead atoms. The van der Waals surface area contributed by atoms with Crippen molar-refractivity contribution in [2.75, 3.05) is 23.0 Å². The number of rotatable bonds is 11. The van der Waals surface area contributed by atoms with Crippen LogP contribution in [0.3, 0.4) is 0 Å². The van der Waals surface area contributed by atoms with E-state index in [1.165, 1.54) is 28.9 Å². The maximum absolute atomic E-state index is 13.2. The summed E-state index contributed by atoms with van der Waals surface area (Å²) < 4.78 is 3.34. The number of fused-ring (bicyclic) bond motifs is 2. The van der Waals surface area contributed by atoms with Crippen LogP contribution in [0.5, 0.6) is 0 Å². The molecular weight excluding hydrogens is 625 g/mol. The summed E-state index contributed by atoms with van der Waals surface area (Å²) >= 11 is 3.53. The summed E-state index contributed by atoms with van der Waals surface area (Å²) in [5.74, 6) is -3.34. The molecule has 0 radical (unpaired) electrons. The minimum atomic E-state index is -1.32. The SMILES string of the molecule is CC[C@H](O/N=C(\C(=O)NC1C(=O)N2C(C(=O)O)=C(CSc3nc(N)cc4n3nc[n+]4C)CS[C@@H]12)c1csc(N)n1)C(=O)O. The molecular formula is C23H25N10O7S3+. The molecule has 7 N–H and O–H groups in total. The lowest BCUT2D eigenvalue weighted by Gasteiger charge is -2.49. The fourth-order valence-corrected chi connectivity index (χ4v) is 7.29. The lowest BCUT2D eigenvalue weighted by atomic mass is 10.0. The molecule has 2 aliphatic rings. The third-order valence-electron chi connectivity index (χ3n) is 6.41. The minimum Gasteiger partial charge on any atom is -0.478 e. The van der Waals surface area contributed by atoms with Crippen LogP contribution in [0.15, 0.2) is 39.4 Å². The number of anilines is 2. The molecule has 0 aromatic carbocycles. The highest BCUT2D eigenvalue weighted by Gasteiger charge is 2.54. The smallest absolute Gasteiger partial charge is 0.352 e. The van der Waals surface area contributed by atoms with Crippen molar-refractivity contribution in [3.05, 3.63) is 34.7 Å². The van der Waals surface area contributed by atoms with Crippen LogP contribution in [0.25, 0.3) is 5.65 Å². The number of aliphatic carboxylic acids is 2. The molecule has 226 valence electrons. The molecule has 0 spiro atoms. The topological polar surface area (TPSA) is 245 Å². The van der Waals surface area contributed by atoms with Gasteiger partial charge in [-0.15, -0.1) is 23.1 Å². The molecule has 17 nitrogen and oxygen atoms in total. The van der Waals surface area contributed by atoms with Gasteiger partial charge >= 0.3 is 11.9 Å². The fourth-order valence-electron chi connectivity index (χ4n) is 4.29. The number of hydrogen-bond acceptors (Lipinski definition) is 14. The standard InChI is InChI=1S/C23H24N10O7S3/c1-3-11(20(36)37)40-30-14(10-7-42-22(25)27-10)17(34)29-15-18(35)32-16(21(38)39)9(5-41-19(15)32)6-43-23-28-12(24)4-13-31(2)8-26-33(13)23/h4,7-8,11,15,19,24H,3,5-6H2,1-2H3,(H5,25,27,29,34,36,37,38,39)/p+1/b30-14-/t11-,15?,19-/m0/s1. The normalized spacial score (nSPS) is 19.2. The van der Waals surface area contributed by atoms with Gasteiger partial charge in [0.2, 0.25) is 6.10 Å². The molecule has 1 unspecified atom stereocenters. The summed E-state index contributed by atoms with van der Waals surface area (Å²) in [5, 5.41) is 31.2. The highest BCUT2D eigenvalue weighted by atomic mass is 32.2. The molecule has 5 heterocycles. The number of oxime groups is 1. The van der Waals surface area contributed by atoms with Crippen molar-refractivity contribution in [2.24, 2.45) is 12.2 Å². The van der Waals surface area contributed by atoms with Crippen LogP contribution >= 0.6 is 34.9 Å². The van der Waals surface area contributed by atoms with Crippen LogP contribution in [0.4, 0.5) is 10.9 Å². The largest absolute Gasteiger partial charge is 0.478 e. The van der Waals surface area contributed by atoms with Gasteiger partial charge in [0.15, 0.2) is 10.8 Å². The minimum absolute atomic E-state index is 0.0284. The van der Waals surface area contributed by atoms with Crippen molar-refractivity contribution in [3.63, 3.8) is 0 Å². The summed E-state index contributed by atoms with van der Waals surface area (Å²) in [4.78, 5) is 64.7. The van der Waals surface area contributed by atoms with Crippen LogP contribution in [0, 0.1) is 0 Å². The monoisotopic (exact) mass is 649 g/mol. The number of carbonyl (C=O) groups excluding carboxylic acids is 2. The number of nitrogens with two attached hydrogens (primary N) is 2. The molecule has 3 atom stereocenters. The van der Waals surface area contributed by atoms with Gasteiger partial charge in [0.25, 0.3) is 28.9 Å². The zero-order chi connectivity index (χ0) is 31.0. The van der Waals surface area contributed by atoms with E-state index in [-0.39, 0.29) is 46.0 Å². The second-order valence-corrected chi connectivity index (χ2v) is 12.2. The Morgan fingerprint density at radius 2 is 2.09 bits per heavy atom. The van der Waals surface area contributed by atoms with E-state index in [9.17, 15) is 29.4 Å². The Morgan fingerprint density at radius 1 is 1.33 bits per heavy atom. The number of thiazole rings is 1. The van der Waals surface area contributed by atoms with Crippen molar-refractivity contribution in [1.82, 2.24) is 29.8 Å². The van der Waals surface area contributed by atoms with Gasteiger partial charge in [0.1, 0.15) is 28.6 Å². The molecule has 5 rings (SSSR count). The second kappa shape index (κ2) is 12.1. The van der Waals surface area contributed by atoms with Gasteiger partial charge in [-0.25, -0.2) is 19.1 Å². The highest BCUT2D eigenvalue weighted by Crippen LogP contribution is 2.41.